The van der Waals surface area contributed by atoms with E-state index < -0.39 is 11.8 Å². The molecule has 0 aliphatic rings. The Kier molecular flexibility index (Phi) is 6.99. The third-order valence-electron chi connectivity index (χ3n) is 4.65. The van der Waals surface area contributed by atoms with Crippen LogP contribution in [0.3, 0.4) is 0 Å². The quantitative estimate of drug-likeness (QED) is 0.604. The second-order valence-corrected chi connectivity index (χ2v) is 7.20. The Labute approximate surface area is 179 Å². The maximum Gasteiger partial charge on any atom is 0.276 e. The van der Waals surface area contributed by atoms with Crippen LogP contribution in [0.2, 0.25) is 5.02 Å². The van der Waals surface area contributed by atoms with Crippen molar-refractivity contribution in [2.45, 2.75) is 32.2 Å². The van der Waals surface area contributed by atoms with Crippen LogP contribution in [0.5, 0.6) is 0 Å². The number of halogens is 1. The normalized spacial score (nSPS) is 11.5. The highest BCUT2D eigenvalue weighted by atomic mass is 35.5. The number of amides is 1. The Bertz CT molecular complexity index is 1140. The van der Waals surface area contributed by atoms with Gasteiger partial charge in [0, 0.05) is 23.3 Å². The molecule has 0 bridgehead atoms. The molecule has 0 aliphatic carbocycles. The molecule has 0 fully saturated rings. The summed E-state index contributed by atoms with van der Waals surface area (Å²) in [4.78, 5) is 24.4. The molecule has 6 nitrogen and oxygen atoms in total. The van der Waals surface area contributed by atoms with Gasteiger partial charge in [0.1, 0.15) is 5.69 Å². The van der Waals surface area contributed by atoms with E-state index in [2.05, 4.69) is 16.5 Å². The Hall–Kier alpha value is -3.43. The largest absolute Gasteiger partial charge is 0.321 e. The highest BCUT2D eigenvalue weighted by molar-refractivity contribution is 6.31. The molecule has 3 rings (SSSR count). The number of nitrogens with zero attached hydrogens (tertiary/aromatic N) is 3. The molecule has 1 amide bonds. The van der Waals surface area contributed by atoms with E-state index in [1.165, 1.54) is 16.8 Å². The third-order valence-corrected chi connectivity index (χ3v) is 4.98. The number of nitrogens with one attached hydrogen (secondary N) is 1. The number of hydrogen-bond donors (Lipinski definition) is 1. The van der Waals surface area contributed by atoms with Crippen LogP contribution >= 0.6 is 11.6 Å². The average molecular weight is 421 g/mol. The zero-order valence-electron chi connectivity index (χ0n) is 16.5. The van der Waals surface area contributed by atoms with Crippen LogP contribution in [0.1, 0.15) is 47.3 Å². The molecule has 152 valence electrons. The third kappa shape index (κ3) is 4.94. The van der Waals surface area contributed by atoms with Crippen molar-refractivity contribution < 1.29 is 4.79 Å². The number of benzene rings is 2. The fourth-order valence-corrected chi connectivity index (χ4v) is 3.33. The second kappa shape index (κ2) is 9.86. The van der Waals surface area contributed by atoms with Crippen LogP contribution in [0.4, 0.5) is 5.69 Å². The predicted molar refractivity (Wildman–Crippen MR) is 117 cm³/mol. The van der Waals surface area contributed by atoms with Gasteiger partial charge in [0.25, 0.3) is 11.5 Å². The number of nitriles is 1. The molecule has 0 saturated carbocycles. The van der Waals surface area contributed by atoms with Crippen molar-refractivity contribution in [3.05, 3.63) is 92.9 Å². The smallest absolute Gasteiger partial charge is 0.276 e. The van der Waals surface area contributed by atoms with Gasteiger partial charge in [0.15, 0.2) is 0 Å². The molecule has 1 heterocycles. The summed E-state index contributed by atoms with van der Waals surface area (Å²) in [6, 6.07) is 19.4. The van der Waals surface area contributed by atoms with E-state index >= 15 is 0 Å². The van der Waals surface area contributed by atoms with Crippen LogP contribution in [0, 0.1) is 11.3 Å². The van der Waals surface area contributed by atoms with E-state index in [1.54, 1.807) is 18.2 Å². The first-order valence-corrected chi connectivity index (χ1v) is 10.0. The van der Waals surface area contributed by atoms with E-state index in [4.69, 9.17) is 11.6 Å². The number of unbranched alkanes of at least 4 members (excludes halogenated alkanes) is 1. The molecule has 1 atom stereocenters. The van der Waals surface area contributed by atoms with Gasteiger partial charge >= 0.3 is 0 Å². The Morgan fingerprint density at radius 3 is 2.63 bits per heavy atom. The summed E-state index contributed by atoms with van der Waals surface area (Å²) in [7, 11) is 0. The summed E-state index contributed by atoms with van der Waals surface area (Å²) in [6.45, 7) is 2.48. The lowest BCUT2D eigenvalue weighted by Crippen LogP contribution is -2.26. The molecule has 0 spiro atoms. The molecule has 1 N–H and O–H groups in total. The van der Waals surface area contributed by atoms with Crippen molar-refractivity contribution in [1.82, 2.24) is 9.78 Å². The van der Waals surface area contributed by atoms with E-state index in [0.717, 1.165) is 18.4 Å². The lowest BCUT2D eigenvalue weighted by atomic mass is 9.92. The molecular formula is C23H21ClN4O2. The number of carbonyl (C=O) groups is 1. The number of rotatable bonds is 7. The highest BCUT2D eigenvalue weighted by Crippen LogP contribution is 2.31. The number of hydrogen-bond acceptors (Lipinski definition) is 4. The molecule has 30 heavy (non-hydrogen) atoms. The van der Waals surface area contributed by atoms with Crippen molar-refractivity contribution in [3.63, 3.8) is 0 Å². The van der Waals surface area contributed by atoms with Crippen LogP contribution in [-0.4, -0.2) is 15.7 Å². The predicted octanol–water partition coefficient (Wildman–Crippen LogP) is 4.60. The van der Waals surface area contributed by atoms with Gasteiger partial charge in [0.2, 0.25) is 0 Å². The zero-order chi connectivity index (χ0) is 21.5. The molecule has 0 aliphatic heterocycles. The highest BCUT2D eigenvalue weighted by Gasteiger charge is 2.17. The van der Waals surface area contributed by atoms with Gasteiger partial charge in [-0.3, -0.25) is 9.59 Å². The second-order valence-electron chi connectivity index (χ2n) is 6.80. The van der Waals surface area contributed by atoms with Crippen LogP contribution in [0.15, 0.2) is 65.5 Å². The Morgan fingerprint density at radius 2 is 1.97 bits per heavy atom. The fourth-order valence-electron chi connectivity index (χ4n) is 3.04. The molecule has 3 aromatic rings. The van der Waals surface area contributed by atoms with Gasteiger partial charge in [0.05, 0.1) is 12.0 Å². The van der Waals surface area contributed by atoms with Crippen molar-refractivity contribution in [2.24, 2.45) is 0 Å². The molecule has 2 aromatic carbocycles. The van der Waals surface area contributed by atoms with Crippen LogP contribution in [0.25, 0.3) is 0 Å². The van der Waals surface area contributed by atoms with E-state index in [0.29, 0.717) is 22.8 Å². The van der Waals surface area contributed by atoms with Gasteiger partial charge in [-0.05, 0) is 35.7 Å². The maximum absolute atomic E-state index is 12.6. The number of aryl methyl sites for hydroxylation is 1. The minimum absolute atomic E-state index is 0.144. The van der Waals surface area contributed by atoms with Gasteiger partial charge in [-0.25, -0.2) is 4.68 Å². The molecule has 1 unspecified atom stereocenters. The van der Waals surface area contributed by atoms with E-state index in [9.17, 15) is 14.9 Å². The van der Waals surface area contributed by atoms with Gasteiger partial charge in [-0.1, -0.05) is 61.3 Å². The zero-order valence-corrected chi connectivity index (χ0v) is 17.3. The Morgan fingerprint density at radius 1 is 1.20 bits per heavy atom. The monoisotopic (exact) mass is 420 g/mol. The van der Waals surface area contributed by atoms with E-state index in [-0.39, 0.29) is 11.3 Å². The summed E-state index contributed by atoms with van der Waals surface area (Å²) in [5, 5.41) is 16.9. The van der Waals surface area contributed by atoms with Crippen molar-refractivity contribution >= 4 is 23.2 Å². The standard InChI is InChI=1S/C23H21ClN4O2/c1-2-3-13-28-22(29)12-11-21(27-28)23(30)26-17-9-10-18(20(24)14-17)19(15-25)16-7-5-4-6-8-16/h4-12,14,19H,2-3,13H2,1H3,(H,26,30). The molecular weight excluding hydrogens is 400 g/mol. The van der Waals surface area contributed by atoms with Crippen molar-refractivity contribution in [1.29, 1.82) is 5.26 Å². The minimum atomic E-state index is -0.507. The molecule has 1 aromatic heterocycles. The first kappa shape index (κ1) is 21.3. The van der Waals surface area contributed by atoms with Crippen LogP contribution < -0.4 is 10.9 Å². The summed E-state index contributed by atoms with van der Waals surface area (Å²) in [6.07, 6.45) is 1.72. The van der Waals surface area contributed by atoms with Crippen molar-refractivity contribution in [2.75, 3.05) is 5.32 Å². The SMILES string of the molecule is CCCCn1nc(C(=O)Nc2ccc(C(C#N)c3ccccc3)c(Cl)c2)ccc1=O. The first-order valence-electron chi connectivity index (χ1n) is 9.67. The van der Waals surface area contributed by atoms with E-state index in [1.807, 2.05) is 37.3 Å². The summed E-state index contributed by atoms with van der Waals surface area (Å²) < 4.78 is 1.30. The Balaban J connectivity index is 1.80. The summed E-state index contributed by atoms with van der Waals surface area (Å²) >= 11 is 6.42. The fraction of sp³-hybridized carbons (Fsp3) is 0.217. The molecule has 0 radical (unpaired) electrons. The lowest BCUT2D eigenvalue weighted by molar-refractivity contribution is 0.101. The summed E-state index contributed by atoms with van der Waals surface area (Å²) in [5.41, 5.74) is 1.89. The topological polar surface area (TPSA) is 87.8 Å². The average Bonchev–Trinajstić information content (AvgIpc) is 2.76. The maximum atomic E-state index is 12.6. The van der Waals surface area contributed by atoms with Gasteiger partial charge in [-0.15, -0.1) is 0 Å². The minimum Gasteiger partial charge on any atom is -0.321 e. The first-order chi connectivity index (χ1) is 14.5. The van der Waals surface area contributed by atoms with Crippen molar-refractivity contribution in [3.8, 4) is 6.07 Å². The molecule has 7 heteroatoms. The number of aromatic nitrogens is 2. The lowest BCUT2D eigenvalue weighted by Gasteiger charge is -2.13. The number of anilines is 1. The molecule has 0 saturated heterocycles. The van der Waals surface area contributed by atoms with Gasteiger partial charge < -0.3 is 5.32 Å². The summed E-state index contributed by atoms with van der Waals surface area (Å²) in [5.74, 6) is -0.948. The number of carbonyl (C=O) groups excluding carboxylic acids is 1. The van der Waals surface area contributed by atoms with Gasteiger partial charge in [-0.2, -0.15) is 10.4 Å². The van der Waals surface area contributed by atoms with Crippen LogP contribution in [-0.2, 0) is 6.54 Å².